The minimum Gasteiger partial charge on any atom is -0.336 e. The van der Waals surface area contributed by atoms with Gasteiger partial charge < -0.3 is 4.52 Å². The maximum atomic E-state index is 11.8. The fourth-order valence-electron chi connectivity index (χ4n) is 1.01. The Morgan fingerprint density at radius 1 is 1.56 bits per heavy atom. The second-order valence-corrected chi connectivity index (χ2v) is 5.82. The second kappa shape index (κ2) is 4.08. The van der Waals surface area contributed by atoms with Gasteiger partial charge in [0, 0.05) is 5.38 Å². The van der Waals surface area contributed by atoms with E-state index in [0.29, 0.717) is 5.69 Å². The molecule has 0 saturated carbocycles. The summed E-state index contributed by atoms with van der Waals surface area (Å²) in [7, 11) is -3.64. The van der Waals surface area contributed by atoms with Crippen molar-refractivity contribution < 1.29 is 12.9 Å². The highest BCUT2D eigenvalue weighted by Gasteiger charge is 2.20. The number of aromatic nitrogens is 1. The molecule has 2 heterocycles. The van der Waals surface area contributed by atoms with Crippen molar-refractivity contribution in [2.24, 2.45) is 0 Å². The Hall–Kier alpha value is -1.05. The topological polar surface area (TPSA) is 72.2 Å². The largest absolute Gasteiger partial charge is 0.336 e. The van der Waals surface area contributed by atoms with E-state index in [0.717, 1.165) is 0 Å². The van der Waals surface area contributed by atoms with Crippen LogP contribution in [0, 0.1) is 6.92 Å². The van der Waals surface area contributed by atoms with Crippen molar-refractivity contribution in [3.05, 3.63) is 27.5 Å². The molecule has 0 bridgehead atoms. The van der Waals surface area contributed by atoms with Crippen LogP contribution in [0.15, 0.2) is 26.2 Å². The lowest BCUT2D eigenvalue weighted by Gasteiger charge is -2.01. The fraction of sp³-hybridized carbons (Fsp3) is 0.125. The molecule has 0 spiro atoms. The van der Waals surface area contributed by atoms with Crippen LogP contribution in [0.4, 0.5) is 5.88 Å². The number of nitrogens with zero attached hydrogens (tertiary/aromatic N) is 1. The van der Waals surface area contributed by atoms with Crippen LogP contribution in [-0.2, 0) is 10.0 Å². The number of anilines is 1. The van der Waals surface area contributed by atoms with Gasteiger partial charge in [-0.1, -0.05) is 16.8 Å². The van der Waals surface area contributed by atoms with Gasteiger partial charge >= 0.3 is 0 Å². The summed E-state index contributed by atoms with van der Waals surface area (Å²) in [5.41, 5.74) is 0.435. The lowest BCUT2D eigenvalue weighted by molar-refractivity contribution is 0.430. The molecule has 0 saturated heterocycles. The molecule has 0 aromatic carbocycles. The molecule has 0 atom stereocenters. The third-order valence-electron chi connectivity index (χ3n) is 1.82. The van der Waals surface area contributed by atoms with Crippen molar-refractivity contribution >= 4 is 38.8 Å². The van der Waals surface area contributed by atoms with E-state index in [1.54, 1.807) is 12.3 Å². The summed E-state index contributed by atoms with van der Waals surface area (Å²) in [4.78, 5) is 0.169. The summed E-state index contributed by atoms with van der Waals surface area (Å²) in [6, 6.07) is 1.49. The van der Waals surface area contributed by atoms with Crippen LogP contribution in [-0.4, -0.2) is 13.6 Å². The molecule has 0 fully saturated rings. The first-order chi connectivity index (χ1) is 7.50. The van der Waals surface area contributed by atoms with Crippen LogP contribution in [0.3, 0.4) is 0 Å². The number of halogens is 1. The maximum Gasteiger partial charge on any atom is 0.265 e. The number of nitrogens with one attached hydrogen (secondary N) is 1. The fourth-order valence-corrected chi connectivity index (χ4v) is 3.20. The Balaban J connectivity index is 2.32. The van der Waals surface area contributed by atoms with Crippen molar-refractivity contribution in [2.45, 2.75) is 11.8 Å². The molecule has 1 N–H and O–H groups in total. The van der Waals surface area contributed by atoms with Gasteiger partial charge in [-0.25, -0.2) is 13.1 Å². The number of hydrogen-bond acceptors (Lipinski definition) is 5. The van der Waals surface area contributed by atoms with E-state index in [1.165, 1.54) is 22.8 Å². The summed E-state index contributed by atoms with van der Waals surface area (Å²) < 4.78 is 30.5. The zero-order chi connectivity index (χ0) is 11.8. The van der Waals surface area contributed by atoms with Crippen LogP contribution in [0.5, 0.6) is 0 Å². The van der Waals surface area contributed by atoms with Gasteiger partial charge in [-0.3, -0.25) is 0 Å². The Bertz CT molecular complexity index is 589. The molecule has 16 heavy (non-hydrogen) atoms. The molecule has 5 nitrogen and oxygen atoms in total. The molecule has 0 aliphatic rings. The minimum atomic E-state index is -3.64. The van der Waals surface area contributed by atoms with E-state index in [1.807, 2.05) is 0 Å². The molecular weight excluding hydrogens is 272 g/mol. The van der Waals surface area contributed by atoms with E-state index in [2.05, 4.69) is 9.88 Å². The van der Waals surface area contributed by atoms with Gasteiger partial charge in [0.25, 0.3) is 15.9 Å². The Kier molecular flexibility index (Phi) is 2.92. The molecule has 2 aromatic heterocycles. The van der Waals surface area contributed by atoms with Crippen molar-refractivity contribution in [1.29, 1.82) is 0 Å². The molecule has 2 rings (SSSR count). The Morgan fingerprint density at radius 2 is 2.31 bits per heavy atom. The monoisotopic (exact) mass is 278 g/mol. The predicted molar refractivity (Wildman–Crippen MR) is 61.4 cm³/mol. The quantitative estimate of drug-likeness (QED) is 0.936. The molecule has 0 aliphatic carbocycles. The van der Waals surface area contributed by atoms with E-state index in [-0.39, 0.29) is 15.8 Å². The lowest BCUT2D eigenvalue weighted by atomic mass is 10.5. The molecule has 86 valence electrons. The lowest BCUT2D eigenvalue weighted by Crippen LogP contribution is -2.11. The third-order valence-corrected chi connectivity index (χ3v) is 4.43. The van der Waals surface area contributed by atoms with E-state index in [9.17, 15) is 8.42 Å². The average molecular weight is 279 g/mol. The normalized spacial score (nSPS) is 11.6. The zero-order valence-corrected chi connectivity index (χ0v) is 10.5. The van der Waals surface area contributed by atoms with Gasteiger partial charge in [-0.05, 0) is 18.4 Å². The molecule has 0 radical (unpaired) electrons. The highest BCUT2D eigenvalue weighted by Crippen LogP contribution is 2.27. The van der Waals surface area contributed by atoms with E-state index in [4.69, 9.17) is 16.1 Å². The molecule has 0 amide bonds. The summed E-state index contributed by atoms with van der Waals surface area (Å²) in [5, 5.41) is 6.90. The van der Waals surface area contributed by atoms with E-state index >= 15 is 0 Å². The first-order valence-corrected chi connectivity index (χ1v) is 6.98. The SMILES string of the molecule is Cc1noc(NS(=O)(=O)c2ccsc2)c1Cl. The number of aryl methyl sites for hydroxylation is 1. The standard InChI is InChI=1S/C8H7ClN2O3S2/c1-5-7(9)8(14-10-5)11-16(12,13)6-2-3-15-4-6/h2-4,11H,1H3. The first-order valence-electron chi connectivity index (χ1n) is 4.17. The van der Waals surface area contributed by atoms with Gasteiger partial charge in [0.05, 0.1) is 4.90 Å². The number of rotatable bonds is 3. The number of thiophene rings is 1. The van der Waals surface area contributed by atoms with Gasteiger partial charge in [0.2, 0.25) is 0 Å². The van der Waals surface area contributed by atoms with Crippen LogP contribution < -0.4 is 4.72 Å². The maximum absolute atomic E-state index is 11.8. The van der Waals surface area contributed by atoms with Gasteiger partial charge in [0.15, 0.2) is 0 Å². The Morgan fingerprint density at radius 3 is 2.81 bits per heavy atom. The molecule has 8 heteroatoms. The Labute approximate surface area is 101 Å². The summed E-state index contributed by atoms with van der Waals surface area (Å²) in [6.07, 6.45) is 0. The van der Waals surface area contributed by atoms with Gasteiger partial charge in [-0.15, -0.1) is 0 Å². The van der Waals surface area contributed by atoms with E-state index < -0.39 is 10.0 Å². The summed E-state index contributed by atoms with van der Waals surface area (Å²) in [6.45, 7) is 1.62. The number of sulfonamides is 1. The smallest absolute Gasteiger partial charge is 0.265 e. The summed E-state index contributed by atoms with van der Waals surface area (Å²) >= 11 is 7.08. The van der Waals surface area contributed by atoms with Crippen LogP contribution >= 0.6 is 22.9 Å². The van der Waals surface area contributed by atoms with Crippen molar-refractivity contribution in [3.8, 4) is 0 Å². The second-order valence-electron chi connectivity index (χ2n) is 2.98. The molecule has 0 aliphatic heterocycles. The summed E-state index contributed by atoms with van der Waals surface area (Å²) in [5.74, 6) is -0.0645. The zero-order valence-electron chi connectivity index (χ0n) is 8.10. The van der Waals surface area contributed by atoms with Crippen LogP contribution in [0.2, 0.25) is 5.02 Å². The minimum absolute atomic E-state index is 0.0645. The van der Waals surface area contributed by atoms with Crippen molar-refractivity contribution in [1.82, 2.24) is 5.16 Å². The van der Waals surface area contributed by atoms with Crippen molar-refractivity contribution in [2.75, 3.05) is 4.72 Å². The average Bonchev–Trinajstić information content (AvgIpc) is 2.83. The highest BCUT2D eigenvalue weighted by molar-refractivity contribution is 7.92. The predicted octanol–water partition coefficient (Wildman–Crippen LogP) is 2.50. The molecular formula is C8H7ClN2O3S2. The number of hydrogen-bond donors (Lipinski definition) is 1. The van der Waals surface area contributed by atoms with Gasteiger partial charge in [0.1, 0.15) is 10.7 Å². The highest BCUT2D eigenvalue weighted by atomic mass is 35.5. The van der Waals surface area contributed by atoms with Crippen molar-refractivity contribution in [3.63, 3.8) is 0 Å². The van der Waals surface area contributed by atoms with Gasteiger partial charge in [-0.2, -0.15) is 11.3 Å². The van der Waals surface area contributed by atoms with Crippen LogP contribution in [0.25, 0.3) is 0 Å². The third kappa shape index (κ3) is 2.06. The van der Waals surface area contributed by atoms with Crippen LogP contribution in [0.1, 0.15) is 5.69 Å². The molecule has 0 unspecified atom stereocenters. The first kappa shape index (κ1) is 11.4. The molecule has 2 aromatic rings.